The molecular weight excluding hydrogens is 561 g/mol. The number of carbonyl (C=O) groups is 2. The van der Waals surface area contributed by atoms with Gasteiger partial charge in [0, 0.05) is 30.7 Å². The second kappa shape index (κ2) is 11.0. The number of aryl methyl sites for hydroxylation is 1. The summed E-state index contributed by atoms with van der Waals surface area (Å²) in [5.41, 5.74) is 4.39. The Balaban J connectivity index is 1.23. The van der Waals surface area contributed by atoms with Crippen molar-refractivity contribution >= 4 is 83.9 Å². The van der Waals surface area contributed by atoms with Crippen LogP contribution in [-0.4, -0.2) is 51.8 Å². The van der Waals surface area contributed by atoms with E-state index in [2.05, 4.69) is 39.3 Å². The van der Waals surface area contributed by atoms with Gasteiger partial charge < -0.3 is 4.90 Å². The average Bonchev–Trinajstić information content (AvgIpc) is 3.52. The van der Waals surface area contributed by atoms with Gasteiger partial charge in [-0.3, -0.25) is 19.4 Å². The molecule has 8 nitrogen and oxygen atoms in total. The number of hydrogen-bond donors (Lipinski definition) is 0. The predicted molar refractivity (Wildman–Crippen MR) is 165 cm³/mol. The van der Waals surface area contributed by atoms with Crippen molar-refractivity contribution in [3.8, 4) is 0 Å². The van der Waals surface area contributed by atoms with Gasteiger partial charge in [-0.05, 0) is 73.5 Å². The zero-order valence-corrected chi connectivity index (χ0v) is 24.5. The molecule has 1 saturated heterocycles. The summed E-state index contributed by atoms with van der Waals surface area (Å²) >= 11 is 8.36. The highest BCUT2D eigenvalue weighted by Gasteiger charge is 2.38. The SMILES string of the molecule is CCN1C(=O)/C(=C\c2cc3sc(N=Nc4ccc5c(c4)CCCN5C)nc3s2)C(=O)N(Cc2ccccc2)C1=S. The third-order valence-corrected chi connectivity index (χ3v) is 9.39. The van der Waals surface area contributed by atoms with Gasteiger partial charge >= 0.3 is 0 Å². The Hall–Kier alpha value is -3.80. The lowest BCUT2D eigenvalue weighted by atomic mass is 10.0. The molecule has 2 aliphatic heterocycles. The minimum Gasteiger partial charge on any atom is -0.374 e. The van der Waals surface area contributed by atoms with Gasteiger partial charge in [-0.2, -0.15) is 0 Å². The summed E-state index contributed by atoms with van der Waals surface area (Å²) in [5, 5.41) is 9.60. The Labute approximate surface area is 245 Å². The Morgan fingerprint density at radius 1 is 1.02 bits per heavy atom. The summed E-state index contributed by atoms with van der Waals surface area (Å²) in [5.74, 6) is -0.767. The highest BCUT2D eigenvalue weighted by Crippen LogP contribution is 2.37. The largest absolute Gasteiger partial charge is 0.374 e. The van der Waals surface area contributed by atoms with E-state index in [0.717, 1.165) is 45.0 Å². The highest BCUT2D eigenvalue weighted by molar-refractivity contribution is 7.80. The second-order valence-corrected chi connectivity index (χ2v) is 12.1. The molecule has 2 aromatic carbocycles. The third-order valence-electron chi connectivity index (χ3n) is 6.96. The van der Waals surface area contributed by atoms with Crippen LogP contribution in [0.4, 0.5) is 16.5 Å². The van der Waals surface area contributed by atoms with Crippen molar-refractivity contribution in [3.63, 3.8) is 0 Å². The van der Waals surface area contributed by atoms with E-state index in [9.17, 15) is 9.59 Å². The van der Waals surface area contributed by atoms with Crippen LogP contribution in [0.25, 0.3) is 15.6 Å². The van der Waals surface area contributed by atoms with Gasteiger partial charge in [0.25, 0.3) is 11.8 Å². The van der Waals surface area contributed by atoms with Gasteiger partial charge in [0.05, 0.1) is 16.9 Å². The number of amides is 2. The van der Waals surface area contributed by atoms with Crippen LogP contribution in [0, 0.1) is 0 Å². The fraction of sp³-hybridized carbons (Fsp3) is 0.241. The third kappa shape index (κ3) is 5.07. The maximum atomic E-state index is 13.4. The average molecular weight is 587 g/mol. The van der Waals surface area contributed by atoms with Gasteiger partial charge in [-0.15, -0.1) is 21.6 Å². The van der Waals surface area contributed by atoms with Gasteiger partial charge in [-0.1, -0.05) is 41.7 Å². The van der Waals surface area contributed by atoms with E-state index >= 15 is 0 Å². The van der Waals surface area contributed by atoms with E-state index in [1.807, 2.05) is 49.4 Å². The van der Waals surface area contributed by atoms with Crippen LogP contribution in [-0.2, 0) is 22.6 Å². The molecule has 11 heteroatoms. The zero-order chi connectivity index (χ0) is 27.8. The molecule has 0 atom stereocenters. The highest BCUT2D eigenvalue weighted by atomic mass is 32.1. The summed E-state index contributed by atoms with van der Waals surface area (Å²) in [7, 11) is 2.11. The Bertz CT molecular complexity index is 1660. The second-order valence-electron chi connectivity index (χ2n) is 9.62. The molecule has 0 bridgehead atoms. The minimum atomic E-state index is -0.390. The first-order valence-electron chi connectivity index (χ1n) is 13.0. The lowest BCUT2D eigenvalue weighted by Crippen LogP contribution is -2.55. The van der Waals surface area contributed by atoms with Crippen LogP contribution in [0.5, 0.6) is 0 Å². The minimum absolute atomic E-state index is 0.0956. The number of likely N-dealkylation sites (N-methyl/N-ethyl adjacent to an activating group) is 1. The number of anilines is 1. The van der Waals surface area contributed by atoms with E-state index < -0.39 is 0 Å². The number of hydrogen-bond acceptors (Lipinski definition) is 9. The normalized spacial score (nSPS) is 17.1. The molecule has 0 saturated carbocycles. The number of fused-ring (bicyclic) bond motifs is 2. The van der Waals surface area contributed by atoms with E-state index in [4.69, 9.17) is 12.2 Å². The Morgan fingerprint density at radius 3 is 2.60 bits per heavy atom. The number of aromatic nitrogens is 1. The van der Waals surface area contributed by atoms with Crippen LogP contribution in [0.1, 0.15) is 29.3 Å². The standard InChI is InChI=1S/C29H26N6O2S3/c1-3-34-26(36)22(27(37)35(29(34)38)17-18-8-5-4-6-9-18)15-21-16-24-25(39-21)30-28(40-24)32-31-20-11-12-23-19(14-20)10-7-13-33(23)2/h4-6,8-9,11-12,14-16H,3,7,10,13,17H2,1-2H3/b22-15+,32-31?. The molecule has 0 radical (unpaired) electrons. The molecule has 4 heterocycles. The van der Waals surface area contributed by atoms with Crippen molar-refractivity contribution in [1.29, 1.82) is 0 Å². The summed E-state index contributed by atoms with van der Waals surface area (Å²) < 4.78 is 0.928. The number of thiocarbonyl (C=S) groups is 1. The lowest BCUT2D eigenvalue weighted by molar-refractivity contribution is -0.133. The molecule has 6 rings (SSSR count). The molecular formula is C29H26N6O2S3. The van der Waals surface area contributed by atoms with Crippen LogP contribution in [0.2, 0.25) is 0 Å². The molecule has 0 spiro atoms. The van der Waals surface area contributed by atoms with Crippen molar-refractivity contribution in [2.24, 2.45) is 10.2 Å². The Morgan fingerprint density at radius 2 is 1.82 bits per heavy atom. The van der Waals surface area contributed by atoms with E-state index in [1.165, 1.54) is 43.7 Å². The van der Waals surface area contributed by atoms with Crippen molar-refractivity contribution in [1.82, 2.24) is 14.8 Å². The molecule has 2 aromatic heterocycles. The van der Waals surface area contributed by atoms with Crippen molar-refractivity contribution in [3.05, 3.63) is 76.2 Å². The first-order valence-corrected chi connectivity index (χ1v) is 15.0. The number of rotatable bonds is 6. The molecule has 4 aromatic rings. The summed E-state index contributed by atoms with van der Waals surface area (Å²) in [6.45, 7) is 3.60. The van der Waals surface area contributed by atoms with E-state index in [1.54, 1.807) is 6.08 Å². The monoisotopic (exact) mass is 586 g/mol. The number of thiazole rings is 1. The molecule has 202 valence electrons. The lowest BCUT2D eigenvalue weighted by Gasteiger charge is -2.36. The number of benzene rings is 2. The molecule has 0 N–H and O–H groups in total. The van der Waals surface area contributed by atoms with E-state index in [-0.39, 0.29) is 22.5 Å². The summed E-state index contributed by atoms with van der Waals surface area (Å²) in [4.78, 5) is 38.1. The van der Waals surface area contributed by atoms with E-state index in [0.29, 0.717) is 18.2 Å². The number of thiophene rings is 1. The van der Waals surface area contributed by atoms with Gasteiger partial charge in [0.2, 0.25) is 5.13 Å². The van der Waals surface area contributed by atoms with Crippen LogP contribution < -0.4 is 4.90 Å². The molecule has 0 aliphatic carbocycles. The molecule has 2 aliphatic rings. The number of carbonyl (C=O) groups excluding carboxylic acids is 2. The fourth-order valence-electron chi connectivity index (χ4n) is 4.94. The summed E-state index contributed by atoms with van der Waals surface area (Å²) in [6.07, 6.45) is 3.83. The quantitative estimate of drug-likeness (QED) is 0.109. The predicted octanol–water partition coefficient (Wildman–Crippen LogP) is 6.71. The first-order chi connectivity index (χ1) is 19.4. The maximum Gasteiger partial charge on any atom is 0.266 e. The number of azo groups is 1. The zero-order valence-electron chi connectivity index (χ0n) is 22.0. The molecule has 2 amide bonds. The van der Waals surface area contributed by atoms with Crippen LogP contribution in [0.15, 0.2) is 70.4 Å². The first kappa shape index (κ1) is 26.4. The molecule has 1 fully saturated rings. The van der Waals surface area contributed by atoms with Crippen molar-refractivity contribution in [2.75, 3.05) is 25.0 Å². The van der Waals surface area contributed by atoms with Gasteiger partial charge in [0.1, 0.15) is 10.4 Å². The van der Waals surface area contributed by atoms with Crippen molar-refractivity contribution in [2.45, 2.75) is 26.3 Å². The van der Waals surface area contributed by atoms with Crippen molar-refractivity contribution < 1.29 is 9.59 Å². The summed E-state index contributed by atoms with van der Waals surface area (Å²) in [6, 6.07) is 17.7. The van der Waals surface area contributed by atoms with Gasteiger partial charge in [-0.25, -0.2) is 4.98 Å². The van der Waals surface area contributed by atoms with Gasteiger partial charge in [0.15, 0.2) is 5.11 Å². The maximum absolute atomic E-state index is 13.4. The number of nitrogens with zero attached hydrogens (tertiary/aromatic N) is 6. The molecule has 40 heavy (non-hydrogen) atoms. The smallest absolute Gasteiger partial charge is 0.266 e. The fourth-order valence-corrected chi connectivity index (χ4v) is 7.29. The van der Waals surface area contributed by atoms with Crippen LogP contribution in [0.3, 0.4) is 0 Å². The molecule has 0 unspecified atom stereocenters. The topological polar surface area (TPSA) is 81.5 Å². The van der Waals surface area contributed by atoms with Crippen LogP contribution >= 0.6 is 34.9 Å². The Kier molecular flexibility index (Phi) is 7.26.